The van der Waals surface area contributed by atoms with Crippen LogP contribution in [0.3, 0.4) is 0 Å². The van der Waals surface area contributed by atoms with Crippen molar-refractivity contribution in [2.45, 2.75) is 39.9 Å². The quantitative estimate of drug-likeness (QED) is 0.220. The standard InChI is InChI=1S/C27H27ClF3N7O4/c1-6-41-22-17(15(4)38-24-21(14(3)36-38)23(32)34-11-35-24)9-18(28)13(2)20(22)16-7-8-19(33-10-16)25(39)37(5)12-42-26(40)27(29,30)31/h7-11,15H,6,12H2,1-5H3,(H2,32,34,35). The Morgan fingerprint density at radius 1 is 1.19 bits per heavy atom. The number of nitrogens with two attached hydrogens (primary N) is 1. The first kappa shape index (κ1) is 30.5. The van der Waals surface area contributed by atoms with Gasteiger partial charge in [0.1, 0.15) is 23.6 Å². The number of amides is 1. The Labute approximate surface area is 243 Å². The Kier molecular flexibility index (Phi) is 8.57. The van der Waals surface area contributed by atoms with Crippen LogP contribution in [-0.4, -0.2) is 68.1 Å². The van der Waals surface area contributed by atoms with Gasteiger partial charge in [0, 0.05) is 35.0 Å². The molecule has 222 valence electrons. The molecule has 1 amide bonds. The maximum Gasteiger partial charge on any atom is 0.490 e. The normalized spacial score (nSPS) is 12.3. The Hall–Kier alpha value is -4.46. The van der Waals surface area contributed by atoms with Gasteiger partial charge in [-0.2, -0.15) is 18.3 Å². The van der Waals surface area contributed by atoms with Crippen molar-refractivity contribution in [2.75, 3.05) is 26.1 Å². The summed E-state index contributed by atoms with van der Waals surface area (Å²) < 4.78 is 49.2. The van der Waals surface area contributed by atoms with Crippen LogP contribution in [0.1, 0.15) is 47.2 Å². The molecule has 42 heavy (non-hydrogen) atoms. The van der Waals surface area contributed by atoms with Crippen LogP contribution in [0.5, 0.6) is 5.75 Å². The van der Waals surface area contributed by atoms with Crippen molar-refractivity contribution in [1.82, 2.24) is 29.6 Å². The molecule has 1 aromatic carbocycles. The molecule has 0 aliphatic rings. The molecule has 0 spiro atoms. The number of carbonyl (C=O) groups excluding carboxylic acids is 2. The largest absolute Gasteiger partial charge is 0.493 e. The Balaban J connectivity index is 1.71. The van der Waals surface area contributed by atoms with Crippen LogP contribution in [0, 0.1) is 13.8 Å². The van der Waals surface area contributed by atoms with Gasteiger partial charge in [-0.1, -0.05) is 17.7 Å². The van der Waals surface area contributed by atoms with Crippen LogP contribution in [0.2, 0.25) is 5.02 Å². The number of aromatic nitrogens is 5. The monoisotopic (exact) mass is 605 g/mol. The highest BCUT2D eigenvalue weighted by atomic mass is 35.5. The van der Waals surface area contributed by atoms with Gasteiger partial charge in [0.15, 0.2) is 12.4 Å². The van der Waals surface area contributed by atoms with E-state index in [1.807, 2.05) is 27.7 Å². The lowest BCUT2D eigenvalue weighted by atomic mass is 9.94. The zero-order valence-electron chi connectivity index (χ0n) is 23.3. The zero-order valence-corrected chi connectivity index (χ0v) is 24.0. The molecule has 2 N–H and O–H groups in total. The highest BCUT2D eigenvalue weighted by Crippen LogP contribution is 2.43. The van der Waals surface area contributed by atoms with E-state index in [0.29, 0.717) is 62.2 Å². The molecule has 0 aliphatic carbocycles. The minimum atomic E-state index is -5.17. The molecule has 0 saturated heterocycles. The Morgan fingerprint density at radius 2 is 1.90 bits per heavy atom. The van der Waals surface area contributed by atoms with Crippen molar-refractivity contribution in [3.05, 3.63) is 58.3 Å². The van der Waals surface area contributed by atoms with Crippen molar-refractivity contribution < 1.29 is 32.2 Å². The lowest BCUT2D eigenvalue weighted by Crippen LogP contribution is -2.34. The van der Waals surface area contributed by atoms with Gasteiger partial charge < -0.3 is 20.1 Å². The molecule has 4 aromatic rings. The van der Waals surface area contributed by atoms with Crippen LogP contribution in [0.15, 0.2) is 30.7 Å². The molecule has 1 atom stereocenters. The molecule has 0 saturated carbocycles. The molecule has 0 fully saturated rings. The van der Waals surface area contributed by atoms with Crippen LogP contribution in [-0.2, 0) is 9.53 Å². The number of pyridine rings is 1. The first-order valence-electron chi connectivity index (χ1n) is 12.6. The smallest absolute Gasteiger partial charge is 0.490 e. The predicted molar refractivity (Wildman–Crippen MR) is 148 cm³/mol. The highest BCUT2D eigenvalue weighted by Gasteiger charge is 2.41. The summed E-state index contributed by atoms with van der Waals surface area (Å²) >= 11 is 6.70. The first-order chi connectivity index (χ1) is 19.8. The number of rotatable bonds is 8. The number of halogens is 4. The summed E-state index contributed by atoms with van der Waals surface area (Å²) in [5.41, 5.74) is 9.81. The maximum atomic E-state index is 12.7. The van der Waals surface area contributed by atoms with E-state index >= 15 is 0 Å². The summed E-state index contributed by atoms with van der Waals surface area (Å²) in [6, 6.07) is 4.41. The number of hydrogen-bond acceptors (Lipinski definition) is 9. The molecule has 3 heterocycles. The molecular weight excluding hydrogens is 579 g/mol. The van der Waals surface area contributed by atoms with Gasteiger partial charge in [0.25, 0.3) is 5.91 Å². The van der Waals surface area contributed by atoms with E-state index in [1.54, 1.807) is 16.8 Å². The number of anilines is 1. The van der Waals surface area contributed by atoms with Gasteiger partial charge in [-0.05, 0) is 45.4 Å². The first-order valence-corrected chi connectivity index (χ1v) is 13.0. The topological polar surface area (TPSA) is 138 Å². The number of ether oxygens (including phenoxy) is 2. The third-order valence-electron chi connectivity index (χ3n) is 6.54. The summed E-state index contributed by atoms with van der Waals surface area (Å²) in [4.78, 5) is 37.1. The number of carbonyl (C=O) groups is 2. The van der Waals surface area contributed by atoms with E-state index in [0.717, 1.165) is 4.90 Å². The number of alkyl halides is 3. The Bertz CT molecular complexity index is 1660. The van der Waals surface area contributed by atoms with Gasteiger partial charge in [-0.15, -0.1) is 0 Å². The number of esters is 1. The van der Waals surface area contributed by atoms with Gasteiger partial charge in [0.2, 0.25) is 0 Å². The van der Waals surface area contributed by atoms with Crippen LogP contribution in [0.25, 0.3) is 22.2 Å². The van der Waals surface area contributed by atoms with E-state index in [-0.39, 0.29) is 5.69 Å². The van der Waals surface area contributed by atoms with Crippen LogP contribution in [0.4, 0.5) is 19.0 Å². The van der Waals surface area contributed by atoms with Crippen LogP contribution < -0.4 is 10.5 Å². The average Bonchev–Trinajstić information content (AvgIpc) is 3.29. The van der Waals surface area contributed by atoms with Crippen molar-refractivity contribution in [1.29, 1.82) is 0 Å². The van der Waals surface area contributed by atoms with E-state index in [4.69, 9.17) is 22.1 Å². The second-order valence-electron chi connectivity index (χ2n) is 9.37. The number of benzene rings is 1. The maximum absolute atomic E-state index is 12.7. The van der Waals surface area contributed by atoms with Gasteiger partial charge in [0.05, 0.1) is 23.7 Å². The summed E-state index contributed by atoms with van der Waals surface area (Å²) in [6.45, 7) is 6.81. The van der Waals surface area contributed by atoms with Crippen molar-refractivity contribution in [3.63, 3.8) is 0 Å². The van der Waals surface area contributed by atoms with Crippen molar-refractivity contribution >= 4 is 40.3 Å². The van der Waals surface area contributed by atoms with E-state index < -0.39 is 30.8 Å². The van der Waals surface area contributed by atoms with E-state index in [2.05, 4.69) is 24.8 Å². The number of nitrogens with zero attached hydrogens (tertiary/aromatic N) is 6. The molecule has 0 radical (unpaired) electrons. The molecule has 3 aromatic heterocycles. The summed E-state index contributed by atoms with van der Waals surface area (Å²) in [6.07, 6.45) is -2.37. The number of hydrogen-bond donors (Lipinski definition) is 1. The third kappa shape index (κ3) is 5.79. The van der Waals surface area contributed by atoms with E-state index in [1.165, 1.54) is 25.6 Å². The molecule has 0 bridgehead atoms. The second kappa shape index (κ2) is 11.8. The van der Waals surface area contributed by atoms with Gasteiger partial charge >= 0.3 is 12.1 Å². The lowest BCUT2D eigenvalue weighted by Gasteiger charge is -2.23. The fourth-order valence-electron chi connectivity index (χ4n) is 4.43. The van der Waals surface area contributed by atoms with Gasteiger partial charge in [-0.25, -0.2) is 19.4 Å². The lowest BCUT2D eigenvalue weighted by molar-refractivity contribution is -0.202. The third-order valence-corrected chi connectivity index (χ3v) is 6.93. The molecule has 0 aliphatic heterocycles. The number of fused-ring (bicyclic) bond motifs is 1. The Morgan fingerprint density at radius 3 is 2.52 bits per heavy atom. The van der Waals surface area contributed by atoms with Crippen LogP contribution >= 0.6 is 11.6 Å². The molecule has 11 nitrogen and oxygen atoms in total. The average molecular weight is 606 g/mol. The molecule has 4 rings (SSSR count). The number of nitrogen functional groups attached to an aromatic ring is 1. The fraction of sp³-hybridized carbons (Fsp3) is 0.333. The van der Waals surface area contributed by atoms with Gasteiger partial charge in [-0.3, -0.25) is 9.78 Å². The van der Waals surface area contributed by atoms with E-state index in [9.17, 15) is 22.8 Å². The minimum absolute atomic E-state index is 0.0775. The number of aryl methyl sites for hydroxylation is 1. The minimum Gasteiger partial charge on any atom is -0.493 e. The van der Waals surface area contributed by atoms with Crippen molar-refractivity contribution in [2.24, 2.45) is 0 Å². The molecule has 1 unspecified atom stereocenters. The summed E-state index contributed by atoms with van der Waals surface area (Å²) in [5, 5.41) is 5.75. The van der Waals surface area contributed by atoms with Crippen molar-refractivity contribution in [3.8, 4) is 16.9 Å². The zero-order chi connectivity index (χ0) is 30.9. The highest BCUT2D eigenvalue weighted by molar-refractivity contribution is 6.32. The summed E-state index contributed by atoms with van der Waals surface area (Å²) in [5.74, 6) is -2.31. The second-order valence-corrected chi connectivity index (χ2v) is 9.77. The fourth-order valence-corrected chi connectivity index (χ4v) is 4.64. The summed E-state index contributed by atoms with van der Waals surface area (Å²) in [7, 11) is 1.18. The molecule has 15 heteroatoms. The predicted octanol–water partition coefficient (Wildman–Crippen LogP) is 4.88. The molecular formula is C27H27ClF3N7O4. The SMILES string of the molecule is CCOc1c(C(C)n2nc(C)c3c(N)ncnc32)cc(Cl)c(C)c1-c1ccc(C(=O)N(C)COC(=O)C(F)(F)F)nc1.